The van der Waals surface area contributed by atoms with Crippen LogP contribution in [0.5, 0.6) is 0 Å². The van der Waals surface area contributed by atoms with E-state index < -0.39 is 18.0 Å². The van der Waals surface area contributed by atoms with Gasteiger partial charge in [-0.15, -0.1) is 0 Å². The summed E-state index contributed by atoms with van der Waals surface area (Å²) in [7, 11) is 0. The number of furan rings is 1. The van der Waals surface area contributed by atoms with Crippen molar-refractivity contribution in [2.24, 2.45) is 0 Å². The Labute approximate surface area is 150 Å². The highest BCUT2D eigenvalue weighted by Crippen LogP contribution is 2.14. The normalized spacial score (nSPS) is 16.8. The number of nitrogens with one attached hydrogen (secondary N) is 2. The molecule has 2 aromatic heterocycles. The quantitative estimate of drug-likeness (QED) is 0.708. The Bertz CT molecular complexity index is 811. The van der Waals surface area contributed by atoms with Gasteiger partial charge in [-0.05, 0) is 32.0 Å². The molecule has 2 N–H and O–H groups in total. The molecular formula is C17H21N5O4. The number of hydrogen-bond acceptors (Lipinski definition) is 5. The van der Waals surface area contributed by atoms with E-state index in [4.69, 9.17) is 4.42 Å². The zero-order valence-electron chi connectivity index (χ0n) is 14.7. The van der Waals surface area contributed by atoms with Gasteiger partial charge in [0, 0.05) is 12.2 Å². The van der Waals surface area contributed by atoms with Crippen molar-refractivity contribution in [3.63, 3.8) is 0 Å². The maximum Gasteiger partial charge on any atom is 0.325 e. The number of imide groups is 1. The van der Waals surface area contributed by atoms with E-state index in [1.165, 1.54) is 6.26 Å². The molecule has 9 nitrogen and oxygen atoms in total. The third kappa shape index (κ3) is 3.93. The smallest absolute Gasteiger partial charge is 0.325 e. The molecule has 0 saturated carbocycles. The fourth-order valence-electron chi connectivity index (χ4n) is 2.88. The van der Waals surface area contributed by atoms with E-state index >= 15 is 0 Å². The van der Waals surface area contributed by atoms with E-state index in [1.54, 1.807) is 12.1 Å². The monoisotopic (exact) mass is 359 g/mol. The predicted molar refractivity (Wildman–Crippen MR) is 90.9 cm³/mol. The van der Waals surface area contributed by atoms with E-state index in [-0.39, 0.29) is 18.9 Å². The molecule has 3 rings (SSSR count). The minimum absolute atomic E-state index is 0.0493. The number of nitrogens with zero attached hydrogens (tertiary/aromatic N) is 3. The molecule has 0 radical (unpaired) electrons. The molecule has 9 heteroatoms. The van der Waals surface area contributed by atoms with Crippen molar-refractivity contribution < 1.29 is 18.8 Å². The molecule has 138 valence electrons. The highest BCUT2D eigenvalue weighted by Gasteiger charge is 2.39. The number of urea groups is 1. The van der Waals surface area contributed by atoms with Crippen LogP contribution in [0.3, 0.4) is 0 Å². The standard InChI is InChI=1S/C17H21N5O4/c1-11-8-12(2)22(20-11)6-5-18-15(23)9-14-16(24)21(17(25)19-14)10-13-4-3-7-26-13/h3-4,7-8,14H,5-6,9-10H2,1-2H3,(H,18,23)(H,19,25)/t14-/m0/s1. The Morgan fingerprint density at radius 3 is 2.85 bits per heavy atom. The lowest BCUT2D eigenvalue weighted by molar-refractivity contribution is -0.131. The summed E-state index contributed by atoms with van der Waals surface area (Å²) in [6.07, 6.45) is 1.37. The second-order valence-electron chi connectivity index (χ2n) is 6.21. The van der Waals surface area contributed by atoms with Crippen LogP contribution in [0.25, 0.3) is 0 Å². The van der Waals surface area contributed by atoms with Crippen LogP contribution in [0.1, 0.15) is 23.6 Å². The summed E-state index contributed by atoms with van der Waals surface area (Å²) >= 11 is 0. The van der Waals surface area contributed by atoms with Crippen molar-refractivity contribution >= 4 is 17.8 Å². The van der Waals surface area contributed by atoms with Crippen molar-refractivity contribution in [3.8, 4) is 0 Å². The summed E-state index contributed by atoms with van der Waals surface area (Å²) in [6.45, 7) is 4.84. The zero-order chi connectivity index (χ0) is 18.7. The van der Waals surface area contributed by atoms with Gasteiger partial charge in [0.1, 0.15) is 11.8 Å². The third-order valence-electron chi connectivity index (χ3n) is 4.14. The van der Waals surface area contributed by atoms with Gasteiger partial charge in [0.05, 0.1) is 31.5 Å². The fourth-order valence-corrected chi connectivity index (χ4v) is 2.88. The topological polar surface area (TPSA) is 109 Å². The van der Waals surface area contributed by atoms with E-state index in [1.807, 2.05) is 24.6 Å². The number of rotatable bonds is 7. The number of carbonyl (C=O) groups is 3. The van der Waals surface area contributed by atoms with Gasteiger partial charge in [-0.2, -0.15) is 5.10 Å². The van der Waals surface area contributed by atoms with Crippen molar-refractivity contribution in [2.75, 3.05) is 6.54 Å². The lowest BCUT2D eigenvalue weighted by Crippen LogP contribution is -2.37. The highest BCUT2D eigenvalue weighted by atomic mass is 16.3. The molecule has 0 aromatic carbocycles. The van der Waals surface area contributed by atoms with Crippen LogP contribution >= 0.6 is 0 Å². The van der Waals surface area contributed by atoms with Crippen molar-refractivity contribution in [2.45, 2.75) is 39.4 Å². The maximum atomic E-state index is 12.3. The van der Waals surface area contributed by atoms with Gasteiger partial charge in [0.2, 0.25) is 5.91 Å². The number of carbonyl (C=O) groups excluding carboxylic acids is 3. The predicted octanol–water partition coefficient (Wildman–Crippen LogP) is 0.720. The first kappa shape index (κ1) is 17.7. The zero-order valence-corrected chi connectivity index (χ0v) is 14.7. The van der Waals surface area contributed by atoms with Crippen LogP contribution in [-0.2, 0) is 22.7 Å². The van der Waals surface area contributed by atoms with Crippen LogP contribution in [-0.4, -0.2) is 45.1 Å². The number of aromatic nitrogens is 2. The number of hydrogen-bond donors (Lipinski definition) is 2. The average molecular weight is 359 g/mol. The van der Waals surface area contributed by atoms with Crippen LogP contribution in [0.2, 0.25) is 0 Å². The van der Waals surface area contributed by atoms with Gasteiger partial charge >= 0.3 is 6.03 Å². The molecule has 0 bridgehead atoms. The minimum atomic E-state index is -0.855. The second-order valence-corrected chi connectivity index (χ2v) is 6.21. The molecule has 4 amide bonds. The number of aryl methyl sites for hydroxylation is 2. The van der Waals surface area contributed by atoms with Gasteiger partial charge in [0.25, 0.3) is 5.91 Å². The van der Waals surface area contributed by atoms with Gasteiger partial charge < -0.3 is 15.1 Å². The lowest BCUT2D eigenvalue weighted by atomic mass is 10.2. The van der Waals surface area contributed by atoms with Crippen molar-refractivity contribution in [1.29, 1.82) is 0 Å². The summed E-state index contributed by atoms with van der Waals surface area (Å²) in [6, 6.07) is 3.95. The van der Waals surface area contributed by atoms with Crippen LogP contribution in [0.15, 0.2) is 28.9 Å². The molecule has 26 heavy (non-hydrogen) atoms. The summed E-state index contributed by atoms with van der Waals surface area (Å²) in [5, 5.41) is 9.60. The molecule has 1 aliphatic rings. The molecule has 1 atom stereocenters. The summed E-state index contributed by atoms with van der Waals surface area (Å²) in [4.78, 5) is 37.4. The summed E-state index contributed by atoms with van der Waals surface area (Å²) in [5.74, 6) is -0.228. The Morgan fingerprint density at radius 2 is 2.19 bits per heavy atom. The molecule has 2 aromatic rings. The largest absolute Gasteiger partial charge is 0.467 e. The molecule has 1 fully saturated rings. The lowest BCUT2D eigenvalue weighted by Gasteiger charge is -2.11. The third-order valence-corrected chi connectivity index (χ3v) is 4.14. The van der Waals surface area contributed by atoms with Gasteiger partial charge in [0.15, 0.2) is 0 Å². The molecule has 1 saturated heterocycles. The van der Waals surface area contributed by atoms with Crippen LogP contribution < -0.4 is 10.6 Å². The molecular weight excluding hydrogens is 338 g/mol. The van der Waals surface area contributed by atoms with E-state index in [9.17, 15) is 14.4 Å². The van der Waals surface area contributed by atoms with Crippen LogP contribution in [0, 0.1) is 13.8 Å². The summed E-state index contributed by atoms with van der Waals surface area (Å²) < 4.78 is 6.96. The average Bonchev–Trinajstić information content (AvgIpc) is 3.26. The molecule has 1 aliphatic heterocycles. The van der Waals surface area contributed by atoms with Crippen LogP contribution in [0.4, 0.5) is 4.79 Å². The number of amides is 4. The second kappa shape index (κ2) is 7.42. The Kier molecular flexibility index (Phi) is 5.06. The highest BCUT2D eigenvalue weighted by molar-refractivity contribution is 6.05. The van der Waals surface area contributed by atoms with Crippen molar-refractivity contribution in [1.82, 2.24) is 25.3 Å². The first-order chi connectivity index (χ1) is 12.4. The maximum absolute atomic E-state index is 12.3. The van der Waals surface area contributed by atoms with E-state index in [0.29, 0.717) is 18.8 Å². The van der Waals surface area contributed by atoms with Gasteiger partial charge in [-0.3, -0.25) is 19.2 Å². The summed E-state index contributed by atoms with van der Waals surface area (Å²) in [5.41, 5.74) is 1.94. The Hall–Kier alpha value is -3.10. The Balaban J connectivity index is 1.47. The Morgan fingerprint density at radius 1 is 1.38 bits per heavy atom. The first-order valence-corrected chi connectivity index (χ1v) is 8.36. The SMILES string of the molecule is Cc1cc(C)n(CCNC(=O)C[C@@H]2NC(=O)N(Cc3ccco3)C2=O)n1. The fraction of sp³-hybridized carbons (Fsp3) is 0.412. The van der Waals surface area contributed by atoms with Gasteiger partial charge in [-0.25, -0.2) is 4.79 Å². The molecule has 0 unspecified atom stereocenters. The van der Waals surface area contributed by atoms with Gasteiger partial charge in [-0.1, -0.05) is 0 Å². The first-order valence-electron chi connectivity index (χ1n) is 8.36. The van der Waals surface area contributed by atoms with E-state index in [0.717, 1.165) is 16.3 Å². The molecule has 0 spiro atoms. The van der Waals surface area contributed by atoms with Crippen molar-refractivity contribution in [3.05, 3.63) is 41.6 Å². The minimum Gasteiger partial charge on any atom is -0.467 e. The molecule has 0 aliphatic carbocycles. The molecule has 3 heterocycles. The van der Waals surface area contributed by atoms with E-state index in [2.05, 4.69) is 15.7 Å².